The van der Waals surface area contributed by atoms with Gasteiger partial charge in [0.1, 0.15) is 0 Å². The van der Waals surface area contributed by atoms with Gasteiger partial charge in [0.15, 0.2) is 0 Å². The highest BCUT2D eigenvalue weighted by atomic mass is 16.3. The summed E-state index contributed by atoms with van der Waals surface area (Å²) in [6, 6.07) is 0. The first-order valence-corrected chi connectivity index (χ1v) is 7.10. The van der Waals surface area contributed by atoms with E-state index in [0.29, 0.717) is 22.9 Å². The van der Waals surface area contributed by atoms with Crippen LogP contribution in [0.4, 0.5) is 0 Å². The van der Waals surface area contributed by atoms with Crippen molar-refractivity contribution in [2.75, 3.05) is 6.61 Å². The predicted octanol–water partition coefficient (Wildman–Crippen LogP) is 3.61. The number of aliphatic hydroxyl groups excluding tert-OH is 1. The van der Waals surface area contributed by atoms with Crippen molar-refractivity contribution in [3.63, 3.8) is 0 Å². The smallest absolute Gasteiger partial charge is 0.0487 e. The Morgan fingerprint density at radius 2 is 1.75 bits per heavy atom. The Balaban J connectivity index is 1.87. The van der Waals surface area contributed by atoms with Gasteiger partial charge in [-0.05, 0) is 66.6 Å². The monoisotopic (exact) mass is 222 g/mol. The molecule has 0 aromatic rings. The molecule has 0 aliphatic heterocycles. The van der Waals surface area contributed by atoms with Gasteiger partial charge in [0.25, 0.3) is 0 Å². The fourth-order valence-electron chi connectivity index (χ4n) is 5.58. The van der Waals surface area contributed by atoms with Crippen molar-refractivity contribution >= 4 is 0 Å². The van der Waals surface area contributed by atoms with Gasteiger partial charge in [-0.25, -0.2) is 0 Å². The molecule has 1 spiro atoms. The van der Waals surface area contributed by atoms with Crippen LogP contribution in [0.2, 0.25) is 0 Å². The van der Waals surface area contributed by atoms with Crippen molar-refractivity contribution in [2.24, 2.45) is 28.1 Å². The first-order chi connectivity index (χ1) is 7.50. The van der Waals surface area contributed by atoms with Crippen LogP contribution in [0.3, 0.4) is 0 Å². The zero-order valence-corrected chi connectivity index (χ0v) is 11.1. The summed E-state index contributed by atoms with van der Waals surface area (Å²) >= 11 is 0. The average molecular weight is 222 g/mol. The van der Waals surface area contributed by atoms with Crippen LogP contribution in [-0.2, 0) is 0 Å². The molecular formula is C15H26O. The van der Waals surface area contributed by atoms with E-state index in [1.54, 1.807) is 0 Å². The summed E-state index contributed by atoms with van der Waals surface area (Å²) in [7, 11) is 0. The molecule has 1 N–H and O–H groups in total. The van der Waals surface area contributed by atoms with E-state index < -0.39 is 0 Å². The molecule has 0 saturated heterocycles. The maximum atomic E-state index is 9.62. The molecule has 1 heteroatoms. The van der Waals surface area contributed by atoms with E-state index in [1.807, 2.05) is 0 Å². The highest BCUT2D eigenvalue weighted by Crippen LogP contribution is 2.77. The molecule has 16 heavy (non-hydrogen) atoms. The minimum atomic E-state index is 0.293. The molecule has 0 heterocycles. The van der Waals surface area contributed by atoms with Crippen molar-refractivity contribution in [2.45, 2.75) is 59.3 Å². The molecular weight excluding hydrogens is 196 g/mol. The van der Waals surface area contributed by atoms with Crippen LogP contribution < -0.4 is 0 Å². The van der Waals surface area contributed by atoms with Crippen LogP contribution in [0.15, 0.2) is 0 Å². The molecule has 2 atom stereocenters. The summed E-state index contributed by atoms with van der Waals surface area (Å²) in [6.07, 6.45) is 8.20. The topological polar surface area (TPSA) is 20.2 Å². The van der Waals surface area contributed by atoms with Crippen molar-refractivity contribution in [3.8, 4) is 0 Å². The van der Waals surface area contributed by atoms with Crippen LogP contribution in [0, 0.1) is 28.1 Å². The van der Waals surface area contributed by atoms with Crippen LogP contribution in [-0.4, -0.2) is 11.7 Å². The van der Waals surface area contributed by atoms with Crippen molar-refractivity contribution in [3.05, 3.63) is 0 Å². The Labute approximate surface area is 99.6 Å². The highest BCUT2D eigenvalue weighted by molar-refractivity contribution is 5.19. The van der Waals surface area contributed by atoms with Crippen LogP contribution in [0.5, 0.6) is 0 Å². The van der Waals surface area contributed by atoms with E-state index >= 15 is 0 Å². The van der Waals surface area contributed by atoms with E-state index in [-0.39, 0.29) is 0 Å². The average Bonchev–Trinajstić information content (AvgIpc) is 2.73. The van der Waals surface area contributed by atoms with Gasteiger partial charge in [0.2, 0.25) is 0 Å². The summed E-state index contributed by atoms with van der Waals surface area (Å²) in [5.41, 5.74) is 1.44. The quantitative estimate of drug-likeness (QED) is 0.756. The number of aliphatic hydroxyl groups is 1. The lowest BCUT2D eigenvalue weighted by Gasteiger charge is -2.64. The zero-order chi connectivity index (χ0) is 11.6. The minimum Gasteiger partial charge on any atom is -0.396 e. The molecule has 3 rings (SSSR count). The third-order valence-electron chi connectivity index (χ3n) is 6.98. The van der Waals surface area contributed by atoms with Gasteiger partial charge in [-0.3, -0.25) is 0 Å². The Morgan fingerprint density at radius 1 is 1.12 bits per heavy atom. The Morgan fingerprint density at radius 3 is 2.19 bits per heavy atom. The third-order valence-corrected chi connectivity index (χ3v) is 6.98. The second-order valence-corrected chi connectivity index (χ2v) is 7.45. The van der Waals surface area contributed by atoms with Gasteiger partial charge in [0, 0.05) is 6.61 Å². The molecule has 3 fully saturated rings. The molecule has 0 amide bonds. The number of rotatable bonds is 2. The molecule has 3 aliphatic carbocycles. The maximum Gasteiger partial charge on any atom is 0.0487 e. The highest BCUT2D eigenvalue weighted by Gasteiger charge is 2.70. The summed E-state index contributed by atoms with van der Waals surface area (Å²) in [5.74, 6) is 1.96. The molecule has 2 unspecified atom stereocenters. The summed E-state index contributed by atoms with van der Waals surface area (Å²) < 4.78 is 0. The van der Waals surface area contributed by atoms with Crippen molar-refractivity contribution in [1.29, 1.82) is 0 Å². The van der Waals surface area contributed by atoms with E-state index in [1.165, 1.54) is 38.5 Å². The lowest BCUT2D eigenvalue weighted by Crippen LogP contribution is -2.58. The molecule has 0 aromatic carbocycles. The van der Waals surface area contributed by atoms with E-state index in [9.17, 15) is 5.11 Å². The molecule has 3 aliphatic rings. The Kier molecular flexibility index (Phi) is 2.11. The van der Waals surface area contributed by atoms with Gasteiger partial charge >= 0.3 is 0 Å². The molecule has 0 radical (unpaired) electrons. The fourth-order valence-corrected chi connectivity index (χ4v) is 5.58. The minimum absolute atomic E-state index is 0.293. The first kappa shape index (κ1) is 11.1. The predicted molar refractivity (Wildman–Crippen MR) is 66.1 cm³/mol. The summed E-state index contributed by atoms with van der Waals surface area (Å²) in [5, 5.41) is 9.62. The van der Waals surface area contributed by atoms with Gasteiger partial charge in [-0.15, -0.1) is 0 Å². The molecule has 92 valence electrons. The van der Waals surface area contributed by atoms with E-state index in [0.717, 1.165) is 11.8 Å². The summed E-state index contributed by atoms with van der Waals surface area (Å²) in [4.78, 5) is 0. The van der Waals surface area contributed by atoms with Crippen LogP contribution >= 0.6 is 0 Å². The van der Waals surface area contributed by atoms with Crippen molar-refractivity contribution < 1.29 is 5.11 Å². The van der Waals surface area contributed by atoms with Crippen LogP contribution in [0.25, 0.3) is 0 Å². The van der Waals surface area contributed by atoms with E-state index in [4.69, 9.17) is 0 Å². The first-order valence-electron chi connectivity index (χ1n) is 7.10. The molecule has 2 bridgehead atoms. The van der Waals surface area contributed by atoms with Gasteiger partial charge in [-0.1, -0.05) is 20.8 Å². The second kappa shape index (κ2) is 3.04. The zero-order valence-electron chi connectivity index (χ0n) is 11.1. The molecule has 1 nitrogen and oxygen atoms in total. The normalized spacial score (nSPS) is 53.2. The van der Waals surface area contributed by atoms with Gasteiger partial charge < -0.3 is 5.11 Å². The van der Waals surface area contributed by atoms with Gasteiger partial charge in [0.05, 0.1) is 0 Å². The SMILES string of the molecule is CCC1(CO)CC2(C1)C1CCC(C1)C2(C)C. The fraction of sp³-hybridized carbons (Fsp3) is 1.00. The van der Waals surface area contributed by atoms with Crippen LogP contribution in [0.1, 0.15) is 59.3 Å². The van der Waals surface area contributed by atoms with Crippen molar-refractivity contribution in [1.82, 2.24) is 0 Å². The maximum absolute atomic E-state index is 9.62. The van der Waals surface area contributed by atoms with E-state index in [2.05, 4.69) is 20.8 Å². The Bertz CT molecular complexity index is 293. The van der Waals surface area contributed by atoms with Gasteiger partial charge in [-0.2, -0.15) is 0 Å². The lowest BCUT2D eigenvalue weighted by atomic mass is 9.40. The standard InChI is InChI=1S/C15H26O/c1-4-14(10-16)8-15(9-14)12-6-5-11(7-12)13(15,2)3/h11-12,16H,4-10H2,1-3H3. The molecule has 0 aromatic heterocycles. The second-order valence-electron chi connectivity index (χ2n) is 7.45. The largest absolute Gasteiger partial charge is 0.396 e. The number of fused-ring (bicyclic) bond motifs is 3. The lowest BCUT2D eigenvalue weighted by molar-refractivity contribution is -0.171. The number of hydrogen-bond acceptors (Lipinski definition) is 1. The molecule has 3 saturated carbocycles. The summed E-state index contributed by atoms with van der Waals surface area (Å²) in [6.45, 7) is 7.68. The number of hydrogen-bond donors (Lipinski definition) is 1. The Hall–Kier alpha value is -0.0400. The third kappa shape index (κ3) is 1.02.